The van der Waals surface area contributed by atoms with E-state index in [0.29, 0.717) is 19.1 Å². The summed E-state index contributed by atoms with van der Waals surface area (Å²) in [5, 5.41) is 7.45. The molecule has 11 nitrogen and oxygen atoms in total. The monoisotopic (exact) mass is 576 g/mol. The summed E-state index contributed by atoms with van der Waals surface area (Å²) in [6, 6.07) is 15.4. The van der Waals surface area contributed by atoms with E-state index >= 15 is 0 Å². The second kappa shape index (κ2) is 13.9. The lowest BCUT2D eigenvalue weighted by molar-refractivity contribution is -0.119. The minimum absolute atomic E-state index is 0.0389. The van der Waals surface area contributed by atoms with E-state index in [9.17, 15) is 18.8 Å². The number of ether oxygens (including phenoxy) is 2. The van der Waals surface area contributed by atoms with Crippen molar-refractivity contribution in [3.05, 3.63) is 78.2 Å². The summed E-state index contributed by atoms with van der Waals surface area (Å²) in [5.74, 6) is -0.751. The molecular formula is C30H33FN6O5. The number of morpholine rings is 1. The van der Waals surface area contributed by atoms with E-state index in [1.165, 1.54) is 24.4 Å². The third-order valence-corrected chi connectivity index (χ3v) is 7.16. The van der Waals surface area contributed by atoms with Crippen molar-refractivity contribution in [3.63, 3.8) is 0 Å². The van der Waals surface area contributed by atoms with Gasteiger partial charge in [-0.3, -0.25) is 20.3 Å². The lowest BCUT2D eigenvalue weighted by atomic mass is 10.0. The summed E-state index contributed by atoms with van der Waals surface area (Å²) in [6.07, 6.45) is 3.30. The van der Waals surface area contributed by atoms with Crippen molar-refractivity contribution in [2.24, 2.45) is 0 Å². The van der Waals surface area contributed by atoms with Crippen LogP contribution < -0.4 is 20.7 Å². The van der Waals surface area contributed by atoms with Crippen molar-refractivity contribution in [1.82, 2.24) is 20.1 Å². The Kier molecular flexibility index (Phi) is 9.57. The first-order chi connectivity index (χ1) is 20.4. The molecule has 5 rings (SSSR count). The van der Waals surface area contributed by atoms with Gasteiger partial charge in [-0.1, -0.05) is 30.3 Å². The number of aromatic nitrogens is 1. The molecule has 0 atom stereocenters. The highest BCUT2D eigenvalue weighted by Gasteiger charge is 2.28. The minimum atomic E-state index is -0.774. The quantitative estimate of drug-likeness (QED) is 0.384. The van der Waals surface area contributed by atoms with Crippen molar-refractivity contribution < 1.29 is 28.2 Å². The maximum absolute atomic E-state index is 14.8. The number of carbonyl (C=O) groups is 3. The molecule has 2 aliphatic heterocycles. The highest BCUT2D eigenvalue weighted by molar-refractivity contribution is 6.01. The molecule has 12 heteroatoms. The first kappa shape index (κ1) is 29.0. The fraction of sp³-hybridized carbons (Fsp3) is 0.333. The predicted molar refractivity (Wildman–Crippen MR) is 154 cm³/mol. The zero-order valence-corrected chi connectivity index (χ0v) is 23.1. The van der Waals surface area contributed by atoms with Gasteiger partial charge in [0, 0.05) is 56.2 Å². The molecule has 0 spiro atoms. The standard InChI is InChI=1S/C30H33FN6O5/c31-25-19-22(33-29(39)35-28(38)18-21-4-2-1-3-5-21)6-7-26(25)42-24-8-11-32-27(20-24)34-30(40)37-12-9-23(10-13-37)36-14-16-41-17-15-36/h1-8,11,19-20,23H,9-10,12-18H2,(H,32,34,40)(H2,33,35,38,39). The number of amides is 5. The number of likely N-dealkylation sites (tertiary alicyclic amines) is 1. The Labute approximate surface area is 243 Å². The minimum Gasteiger partial charge on any atom is -0.454 e. The summed E-state index contributed by atoms with van der Waals surface area (Å²) < 4.78 is 25.9. The zero-order chi connectivity index (χ0) is 29.3. The number of imide groups is 1. The lowest BCUT2D eigenvalue weighted by Crippen LogP contribution is -2.50. The lowest BCUT2D eigenvalue weighted by Gasteiger charge is -2.39. The van der Waals surface area contributed by atoms with Crippen LogP contribution in [0.15, 0.2) is 66.9 Å². The average molecular weight is 577 g/mol. The van der Waals surface area contributed by atoms with E-state index in [0.717, 1.165) is 50.8 Å². The van der Waals surface area contributed by atoms with E-state index < -0.39 is 17.8 Å². The third-order valence-electron chi connectivity index (χ3n) is 7.16. The largest absolute Gasteiger partial charge is 0.454 e. The number of halogens is 1. The van der Waals surface area contributed by atoms with Gasteiger partial charge in [-0.15, -0.1) is 0 Å². The van der Waals surface area contributed by atoms with Crippen LogP contribution in [0, 0.1) is 5.82 Å². The number of carbonyl (C=O) groups excluding carboxylic acids is 3. The smallest absolute Gasteiger partial charge is 0.325 e. The number of anilines is 2. The van der Waals surface area contributed by atoms with E-state index in [4.69, 9.17) is 9.47 Å². The zero-order valence-electron chi connectivity index (χ0n) is 23.1. The molecular weight excluding hydrogens is 543 g/mol. The number of piperidine rings is 1. The summed E-state index contributed by atoms with van der Waals surface area (Å²) in [5.41, 5.74) is 0.906. The molecule has 0 saturated carbocycles. The first-order valence-corrected chi connectivity index (χ1v) is 13.9. The average Bonchev–Trinajstić information content (AvgIpc) is 2.99. The molecule has 0 unspecified atom stereocenters. The number of benzene rings is 2. The van der Waals surface area contributed by atoms with E-state index in [-0.39, 0.29) is 35.5 Å². The maximum Gasteiger partial charge on any atom is 0.325 e. The van der Waals surface area contributed by atoms with Crippen molar-refractivity contribution in [1.29, 1.82) is 0 Å². The van der Waals surface area contributed by atoms with Crippen LogP contribution in [0.1, 0.15) is 18.4 Å². The predicted octanol–water partition coefficient (Wildman–Crippen LogP) is 4.23. The fourth-order valence-electron chi connectivity index (χ4n) is 5.01. The number of hydrogen-bond acceptors (Lipinski definition) is 7. The molecule has 2 aromatic carbocycles. The van der Waals surface area contributed by atoms with Crippen LogP contribution in [0.4, 0.5) is 25.5 Å². The van der Waals surface area contributed by atoms with Crippen molar-refractivity contribution >= 4 is 29.5 Å². The Balaban J connectivity index is 1.10. The van der Waals surface area contributed by atoms with Crippen molar-refractivity contribution in [3.8, 4) is 11.5 Å². The van der Waals surface area contributed by atoms with Gasteiger partial charge >= 0.3 is 12.1 Å². The molecule has 0 bridgehead atoms. The molecule has 2 fully saturated rings. The molecule has 220 valence electrons. The number of pyridine rings is 1. The Morgan fingerprint density at radius 2 is 1.71 bits per heavy atom. The van der Waals surface area contributed by atoms with Gasteiger partial charge < -0.3 is 19.7 Å². The summed E-state index contributed by atoms with van der Waals surface area (Å²) in [4.78, 5) is 45.5. The molecule has 3 aromatic rings. The van der Waals surface area contributed by atoms with Gasteiger partial charge in [0.2, 0.25) is 5.91 Å². The Bertz CT molecular complexity index is 1390. The van der Waals surface area contributed by atoms with Gasteiger partial charge in [-0.2, -0.15) is 0 Å². The number of urea groups is 2. The molecule has 2 aliphatic rings. The van der Waals surface area contributed by atoms with Crippen LogP contribution in [-0.4, -0.2) is 78.2 Å². The third kappa shape index (κ3) is 8.02. The molecule has 3 N–H and O–H groups in total. The number of rotatable bonds is 7. The Hall–Kier alpha value is -4.55. The second-order valence-corrected chi connectivity index (χ2v) is 10.1. The number of nitrogens with one attached hydrogen (secondary N) is 3. The topological polar surface area (TPSA) is 125 Å². The number of hydrogen-bond donors (Lipinski definition) is 3. The first-order valence-electron chi connectivity index (χ1n) is 13.9. The molecule has 5 amide bonds. The van der Waals surface area contributed by atoms with E-state index in [1.807, 2.05) is 6.07 Å². The van der Waals surface area contributed by atoms with Crippen LogP contribution in [0.25, 0.3) is 0 Å². The van der Waals surface area contributed by atoms with E-state index in [2.05, 4.69) is 25.8 Å². The van der Waals surface area contributed by atoms with Gasteiger partial charge in [-0.05, 0) is 36.6 Å². The Morgan fingerprint density at radius 3 is 2.45 bits per heavy atom. The molecule has 42 heavy (non-hydrogen) atoms. The molecule has 3 heterocycles. The summed E-state index contributed by atoms with van der Waals surface area (Å²) >= 11 is 0. The highest BCUT2D eigenvalue weighted by atomic mass is 19.1. The van der Waals surface area contributed by atoms with Gasteiger partial charge in [0.05, 0.1) is 19.6 Å². The van der Waals surface area contributed by atoms with Crippen molar-refractivity contribution in [2.75, 3.05) is 50.0 Å². The normalized spacial score (nSPS) is 16.0. The summed E-state index contributed by atoms with van der Waals surface area (Å²) in [6.45, 7) is 4.66. The van der Waals surface area contributed by atoms with Crippen LogP contribution in [0.3, 0.4) is 0 Å². The highest BCUT2D eigenvalue weighted by Crippen LogP contribution is 2.28. The SMILES string of the molecule is O=C(Cc1ccccc1)NC(=O)Nc1ccc(Oc2ccnc(NC(=O)N3CCC(N4CCOCC4)CC3)c2)c(F)c1. The molecule has 2 saturated heterocycles. The van der Waals surface area contributed by atoms with Crippen LogP contribution in [0.2, 0.25) is 0 Å². The summed E-state index contributed by atoms with van der Waals surface area (Å²) in [7, 11) is 0. The second-order valence-electron chi connectivity index (χ2n) is 10.1. The molecule has 0 aliphatic carbocycles. The number of nitrogens with zero attached hydrogens (tertiary/aromatic N) is 3. The van der Waals surface area contributed by atoms with Crippen molar-refractivity contribution in [2.45, 2.75) is 25.3 Å². The Morgan fingerprint density at radius 1 is 0.952 bits per heavy atom. The van der Waals surface area contributed by atoms with Crippen LogP contribution in [-0.2, 0) is 16.0 Å². The fourth-order valence-corrected chi connectivity index (χ4v) is 5.01. The van der Waals surface area contributed by atoms with Gasteiger partial charge in [0.1, 0.15) is 11.6 Å². The maximum atomic E-state index is 14.8. The van der Waals surface area contributed by atoms with Crippen LogP contribution in [0.5, 0.6) is 11.5 Å². The van der Waals surface area contributed by atoms with E-state index in [1.54, 1.807) is 35.2 Å². The molecule has 0 radical (unpaired) electrons. The molecule has 1 aromatic heterocycles. The van der Waals surface area contributed by atoms with Crippen LogP contribution >= 0.6 is 0 Å². The van der Waals surface area contributed by atoms with Gasteiger partial charge in [0.25, 0.3) is 0 Å². The van der Waals surface area contributed by atoms with Gasteiger partial charge in [0.15, 0.2) is 11.6 Å². The van der Waals surface area contributed by atoms with Gasteiger partial charge in [-0.25, -0.2) is 19.0 Å².